The van der Waals surface area contributed by atoms with Crippen LogP contribution in [0.5, 0.6) is 0 Å². The number of anilines is 1. The third-order valence-corrected chi connectivity index (χ3v) is 2.37. The van der Waals surface area contributed by atoms with Gasteiger partial charge in [0.2, 0.25) is 6.33 Å². The van der Waals surface area contributed by atoms with Gasteiger partial charge < -0.3 is 15.4 Å². The Morgan fingerprint density at radius 1 is 1.47 bits per heavy atom. The maximum Gasteiger partial charge on any atom is 0.490 e. The minimum absolute atomic E-state index is 0.350. The van der Waals surface area contributed by atoms with E-state index in [1.807, 2.05) is 18.2 Å². The molecule has 0 aliphatic rings. The molecule has 0 saturated heterocycles. The molecule has 0 unspecified atom stereocenters. The summed E-state index contributed by atoms with van der Waals surface area (Å²) in [6, 6.07) is 5.60. The van der Waals surface area contributed by atoms with Crippen molar-refractivity contribution >= 4 is 11.8 Å². The lowest BCUT2D eigenvalue weighted by atomic mass is 10.3. The standard InChI is InChI=1S/C11H14N6O2/c1-2-6-12-10-5-3-4-9(14-10)7-16-8-13-11(15-16)17(18)19/h3-5,8H,2,6-7H2,1H3,(H,12,14). The van der Waals surface area contributed by atoms with E-state index in [0.29, 0.717) is 6.54 Å². The Hall–Kier alpha value is -2.51. The Morgan fingerprint density at radius 2 is 2.32 bits per heavy atom. The fourth-order valence-electron chi connectivity index (χ4n) is 1.53. The summed E-state index contributed by atoms with van der Waals surface area (Å²) in [6.07, 6.45) is 2.34. The van der Waals surface area contributed by atoms with Crippen LogP contribution in [0.1, 0.15) is 19.0 Å². The molecule has 2 aromatic rings. The van der Waals surface area contributed by atoms with Gasteiger partial charge in [-0.1, -0.05) is 18.0 Å². The first-order valence-electron chi connectivity index (χ1n) is 5.92. The molecule has 8 nitrogen and oxygen atoms in total. The zero-order chi connectivity index (χ0) is 13.7. The van der Waals surface area contributed by atoms with Crippen molar-refractivity contribution in [2.75, 3.05) is 11.9 Å². The first-order chi connectivity index (χ1) is 9.19. The van der Waals surface area contributed by atoms with Crippen LogP contribution in [0.15, 0.2) is 24.5 Å². The summed E-state index contributed by atoms with van der Waals surface area (Å²) < 4.78 is 1.39. The second kappa shape index (κ2) is 5.89. The van der Waals surface area contributed by atoms with Crippen LogP contribution in [0.2, 0.25) is 0 Å². The van der Waals surface area contributed by atoms with Crippen molar-refractivity contribution in [1.29, 1.82) is 0 Å². The molecule has 0 aliphatic carbocycles. The minimum atomic E-state index is -0.622. The lowest BCUT2D eigenvalue weighted by molar-refractivity contribution is -0.394. The third kappa shape index (κ3) is 3.47. The van der Waals surface area contributed by atoms with Crippen LogP contribution >= 0.6 is 0 Å². The molecule has 0 amide bonds. The number of hydrogen-bond acceptors (Lipinski definition) is 6. The Kier molecular flexibility index (Phi) is 4.01. The summed E-state index contributed by atoms with van der Waals surface area (Å²) >= 11 is 0. The molecule has 0 bridgehead atoms. The summed E-state index contributed by atoms with van der Waals surface area (Å²) in [7, 11) is 0. The normalized spacial score (nSPS) is 10.4. The van der Waals surface area contributed by atoms with Crippen molar-refractivity contribution in [3.8, 4) is 0 Å². The van der Waals surface area contributed by atoms with Crippen molar-refractivity contribution in [2.24, 2.45) is 0 Å². The Labute approximate surface area is 109 Å². The Balaban J connectivity index is 2.07. The highest BCUT2D eigenvalue weighted by Gasteiger charge is 2.13. The summed E-state index contributed by atoms with van der Waals surface area (Å²) in [5, 5.41) is 17.4. The van der Waals surface area contributed by atoms with Crippen LogP contribution in [0.3, 0.4) is 0 Å². The summed E-state index contributed by atoms with van der Waals surface area (Å²) in [5.74, 6) is 0.384. The van der Waals surface area contributed by atoms with E-state index in [2.05, 4.69) is 27.3 Å². The molecule has 0 radical (unpaired) electrons. The lowest BCUT2D eigenvalue weighted by Crippen LogP contribution is -2.06. The topological polar surface area (TPSA) is 98.8 Å². The molecule has 0 aliphatic heterocycles. The van der Waals surface area contributed by atoms with E-state index in [4.69, 9.17) is 0 Å². The smallest absolute Gasteiger partial charge is 0.390 e. The van der Waals surface area contributed by atoms with Gasteiger partial charge in [0.15, 0.2) is 0 Å². The maximum atomic E-state index is 10.5. The summed E-state index contributed by atoms with van der Waals surface area (Å²) in [6.45, 7) is 3.28. The van der Waals surface area contributed by atoms with Crippen molar-refractivity contribution in [1.82, 2.24) is 19.7 Å². The number of hydrogen-bond donors (Lipinski definition) is 1. The monoisotopic (exact) mass is 262 g/mol. The molecule has 0 atom stereocenters. The average Bonchev–Trinajstić information content (AvgIpc) is 2.85. The van der Waals surface area contributed by atoms with Gasteiger partial charge in [-0.25, -0.2) is 4.98 Å². The zero-order valence-corrected chi connectivity index (χ0v) is 10.5. The average molecular weight is 262 g/mol. The molecular weight excluding hydrogens is 248 g/mol. The number of rotatable bonds is 6. The van der Waals surface area contributed by atoms with Gasteiger partial charge in [-0.2, -0.15) is 4.68 Å². The van der Waals surface area contributed by atoms with Crippen LogP contribution in [0.25, 0.3) is 0 Å². The molecule has 8 heteroatoms. The first kappa shape index (κ1) is 12.9. The van der Waals surface area contributed by atoms with Crippen LogP contribution in [-0.2, 0) is 6.54 Å². The van der Waals surface area contributed by atoms with Crippen molar-refractivity contribution in [3.05, 3.63) is 40.3 Å². The second-order valence-electron chi connectivity index (χ2n) is 3.94. The maximum absolute atomic E-state index is 10.5. The van der Waals surface area contributed by atoms with Gasteiger partial charge in [0, 0.05) is 11.6 Å². The van der Waals surface area contributed by atoms with E-state index in [0.717, 1.165) is 24.5 Å². The number of pyridine rings is 1. The molecule has 2 aromatic heterocycles. The molecule has 0 fully saturated rings. The van der Waals surface area contributed by atoms with E-state index in [1.165, 1.54) is 11.0 Å². The van der Waals surface area contributed by atoms with E-state index < -0.39 is 10.9 Å². The Morgan fingerprint density at radius 3 is 3.00 bits per heavy atom. The van der Waals surface area contributed by atoms with Gasteiger partial charge in [0.25, 0.3) is 0 Å². The predicted octanol–water partition coefficient (Wildman–Crippen LogP) is 1.45. The molecule has 0 spiro atoms. The highest BCUT2D eigenvalue weighted by Crippen LogP contribution is 2.07. The third-order valence-electron chi connectivity index (χ3n) is 2.37. The van der Waals surface area contributed by atoms with Crippen LogP contribution in [0, 0.1) is 10.1 Å². The van der Waals surface area contributed by atoms with Gasteiger partial charge in [-0.15, -0.1) is 0 Å². The fraction of sp³-hybridized carbons (Fsp3) is 0.364. The predicted molar refractivity (Wildman–Crippen MR) is 68.8 cm³/mol. The molecule has 0 aromatic carbocycles. The number of aromatic nitrogens is 4. The minimum Gasteiger partial charge on any atom is -0.390 e. The zero-order valence-electron chi connectivity index (χ0n) is 10.5. The fourth-order valence-corrected chi connectivity index (χ4v) is 1.53. The van der Waals surface area contributed by atoms with Crippen LogP contribution < -0.4 is 5.32 Å². The van der Waals surface area contributed by atoms with Crippen molar-refractivity contribution < 1.29 is 4.92 Å². The molecule has 2 rings (SSSR count). The molecular formula is C11H14N6O2. The quantitative estimate of drug-likeness (QED) is 0.625. The van der Waals surface area contributed by atoms with E-state index in [1.54, 1.807) is 0 Å². The van der Waals surface area contributed by atoms with Crippen molar-refractivity contribution in [2.45, 2.75) is 19.9 Å². The second-order valence-corrected chi connectivity index (χ2v) is 3.94. The van der Waals surface area contributed by atoms with Gasteiger partial charge >= 0.3 is 5.95 Å². The molecule has 100 valence electrons. The highest BCUT2D eigenvalue weighted by atomic mass is 16.6. The van der Waals surface area contributed by atoms with Crippen molar-refractivity contribution in [3.63, 3.8) is 0 Å². The lowest BCUT2D eigenvalue weighted by Gasteiger charge is -2.05. The first-order valence-corrected chi connectivity index (χ1v) is 5.92. The summed E-state index contributed by atoms with van der Waals surface area (Å²) in [5.41, 5.74) is 0.765. The van der Waals surface area contributed by atoms with Gasteiger partial charge in [-0.05, 0) is 23.5 Å². The van der Waals surface area contributed by atoms with Crippen LogP contribution in [-0.4, -0.2) is 31.2 Å². The SMILES string of the molecule is CCCNc1cccc(Cn2cnc([N+](=O)[O-])n2)n1. The van der Waals surface area contributed by atoms with Gasteiger partial charge in [-0.3, -0.25) is 0 Å². The van der Waals surface area contributed by atoms with Gasteiger partial charge in [0.1, 0.15) is 12.4 Å². The molecule has 1 N–H and O–H groups in total. The largest absolute Gasteiger partial charge is 0.490 e. The van der Waals surface area contributed by atoms with E-state index in [-0.39, 0.29) is 0 Å². The van der Waals surface area contributed by atoms with E-state index >= 15 is 0 Å². The molecule has 0 saturated carbocycles. The Bertz CT molecular complexity index is 568. The molecule has 2 heterocycles. The summed E-state index contributed by atoms with van der Waals surface area (Å²) in [4.78, 5) is 17.8. The van der Waals surface area contributed by atoms with Gasteiger partial charge in [0.05, 0.1) is 5.69 Å². The number of nitro groups is 1. The molecule has 19 heavy (non-hydrogen) atoms. The number of nitrogens with one attached hydrogen (secondary N) is 1. The van der Waals surface area contributed by atoms with Crippen LogP contribution in [0.4, 0.5) is 11.8 Å². The highest BCUT2D eigenvalue weighted by molar-refractivity contribution is 5.35. The number of nitrogens with zero attached hydrogens (tertiary/aromatic N) is 5. The van der Waals surface area contributed by atoms with E-state index in [9.17, 15) is 10.1 Å².